The van der Waals surface area contributed by atoms with Crippen molar-refractivity contribution in [1.82, 2.24) is 15.4 Å². The average molecular weight is 318 g/mol. The molecule has 1 aromatic carbocycles. The lowest BCUT2D eigenvalue weighted by atomic mass is 10.1. The smallest absolute Gasteiger partial charge is 0.271 e. The lowest BCUT2D eigenvalue weighted by Gasteiger charge is -2.14. The van der Waals surface area contributed by atoms with Crippen LogP contribution in [0, 0.1) is 0 Å². The number of amides is 1. The van der Waals surface area contributed by atoms with Gasteiger partial charge in [0.1, 0.15) is 5.69 Å². The minimum atomic E-state index is -0.648. The summed E-state index contributed by atoms with van der Waals surface area (Å²) in [5, 5.41) is 10.3. The van der Waals surface area contributed by atoms with Gasteiger partial charge in [0.05, 0.1) is 19.3 Å². The van der Waals surface area contributed by atoms with Gasteiger partial charge in [-0.15, -0.1) is 0 Å². The zero-order valence-electron chi connectivity index (χ0n) is 13.5. The van der Waals surface area contributed by atoms with Crippen LogP contribution >= 0.6 is 0 Å². The van der Waals surface area contributed by atoms with E-state index in [9.17, 15) is 4.79 Å². The van der Waals surface area contributed by atoms with Gasteiger partial charge in [0.25, 0.3) is 5.91 Å². The number of methoxy groups -OCH3 is 1. The molecular weight excluding hydrogens is 296 g/mol. The number of nitrogens with zero attached hydrogens (tertiary/aromatic N) is 2. The molecule has 0 fully saturated rings. The molecule has 0 aliphatic carbocycles. The predicted octanol–water partition coefficient (Wildman–Crippen LogP) is 2.54. The molecular formula is C16H22N4O3. The third kappa shape index (κ3) is 4.00. The molecule has 7 heteroatoms. The maximum atomic E-state index is 11.5. The summed E-state index contributed by atoms with van der Waals surface area (Å²) in [6.45, 7) is 2.73. The molecule has 1 aromatic heterocycles. The molecule has 3 N–H and O–H groups in total. The zero-order chi connectivity index (χ0) is 16.7. The monoisotopic (exact) mass is 318 g/mol. The number of carbonyl (C=O) groups excluding carboxylic acids is 1. The number of aromatic amines is 1. The summed E-state index contributed by atoms with van der Waals surface area (Å²) in [5.41, 5.74) is 6.40. The van der Waals surface area contributed by atoms with Gasteiger partial charge in [-0.2, -0.15) is 15.4 Å². The molecule has 2 aromatic rings. The Labute approximate surface area is 135 Å². The summed E-state index contributed by atoms with van der Waals surface area (Å²) < 4.78 is 11.3. The number of primary amides is 1. The van der Waals surface area contributed by atoms with E-state index in [-0.39, 0.29) is 5.69 Å². The van der Waals surface area contributed by atoms with E-state index in [1.54, 1.807) is 25.3 Å². The summed E-state index contributed by atoms with van der Waals surface area (Å²) in [5.74, 6) is 0.477. The SMILES string of the molecule is CCCCCCOc1c(OC)cccc1-c1n[nH]nc1C(N)=O. The summed E-state index contributed by atoms with van der Waals surface area (Å²) in [7, 11) is 1.57. The molecule has 0 unspecified atom stereocenters. The van der Waals surface area contributed by atoms with Crippen LogP contribution in [-0.2, 0) is 0 Å². The van der Waals surface area contributed by atoms with Crippen molar-refractivity contribution in [1.29, 1.82) is 0 Å². The Morgan fingerprint density at radius 1 is 1.26 bits per heavy atom. The van der Waals surface area contributed by atoms with Crippen molar-refractivity contribution in [3.63, 3.8) is 0 Å². The summed E-state index contributed by atoms with van der Waals surface area (Å²) in [6, 6.07) is 5.40. The van der Waals surface area contributed by atoms with Gasteiger partial charge < -0.3 is 15.2 Å². The minimum absolute atomic E-state index is 0.0779. The van der Waals surface area contributed by atoms with Gasteiger partial charge in [0.2, 0.25) is 0 Å². The van der Waals surface area contributed by atoms with Crippen molar-refractivity contribution in [2.45, 2.75) is 32.6 Å². The molecule has 0 aliphatic rings. The molecule has 1 heterocycles. The van der Waals surface area contributed by atoms with E-state index >= 15 is 0 Å². The highest BCUT2D eigenvalue weighted by Crippen LogP contribution is 2.38. The molecule has 2 rings (SSSR count). The molecule has 0 saturated heterocycles. The van der Waals surface area contributed by atoms with Crippen LogP contribution in [0.2, 0.25) is 0 Å². The minimum Gasteiger partial charge on any atom is -0.493 e. The van der Waals surface area contributed by atoms with Crippen molar-refractivity contribution in [2.24, 2.45) is 5.73 Å². The largest absolute Gasteiger partial charge is 0.493 e. The van der Waals surface area contributed by atoms with E-state index in [4.69, 9.17) is 15.2 Å². The van der Waals surface area contributed by atoms with Crippen LogP contribution < -0.4 is 15.2 Å². The summed E-state index contributed by atoms with van der Waals surface area (Å²) >= 11 is 0. The van der Waals surface area contributed by atoms with Crippen molar-refractivity contribution in [3.05, 3.63) is 23.9 Å². The molecule has 0 spiro atoms. The van der Waals surface area contributed by atoms with E-state index < -0.39 is 5.91 Å². The highest BCUT2D eigenvalue weighted by atomic mass is 16.5. The van der Waals surface area contributed by atoms with Crippen molar-refractivity contribution >= 4 is 5.91 Å². The number of carbonyl (C=O) groups is 1. The fourth-order valence-corrected chi connectivity index (χ4v) is 2.31. The maximum absolute atomic E-state index is 11.5. The van der Waals surface area contributed by atoms with Gasteiger partial charge >= 0.3 is 0 Å². The molecule has 0 atom stereocenters. The quantitative estimate of drug-likeness (QED) is 0.692. The topological polar surface area (TPSA) is 103 Å². The number of aromatic nitrogens is 3. The fraction of sp³-hybridized carbons (Fsp3) is 0.438. The zero-order valence-corrected chi connectivity index (χ0v) is 13.5. The van der Waals surface area contributed by atoms with Crippen LogP contribution in [0.5, 0.6) is 11.5 Å². The van der Waals surface area contributed by atoms with Gasteiger partial charge in [-0.1, -0.05) is 32.3 Å². The highest BCUT2D eigenvalue weighted by Gasteiger charge is 2.21. The number of hydrogen-bond acceptors (Lipinski definition) is 5. The Morgan fingerprint density at radius 3 is 2.78 bits per heavy atom. The average Bonchev–Trinajstić information content (AvgIpc) is 3.04. The van der Waals surface area contributed by atoms with E-state index in [0.29, 0.717) is 29.4 Å². The van der Waals surface area contributed by atoms with E-state index in [2.05, 4.69) is 22.3 Å². The van der Waals surface area contributed by atoms with Crippen molar-refractivity contribution < 1.29 is 14.3 Å². The molecule has 0 saturated carbocycles. The first-order valence-corrected chi connectivity index (χ1v) is 7.69. The number of nitrogens with two attached hydrogens (primary N) is 1. The first-order chi connectivity index (χ1) is 11.2. The standard InChI is InChI=1S/C16H22N4O3/c1-3-4-5-6-10-23-15-11(8-7-9-12(15)22-2)13-14(16(17)21)19-20-18-13/h7-9H,3-6,10H2,1-2H3,(H2,17,21)(H,18,19,20). The second-order valence-corrected chi connectivity index (χ2v) is 5.13. The van der Waals surface area contributed by atoms with Gasteiger partial charge in [-0.3, -0.25) is 4.79 Å². The molecule has 0 aliphatic heterocycles. The predicted molar refractivity (Wildman–Crippen MR) is 86.5 cm³/mol. The number of unbranched alkanes of at least 4 members (excludes halogenated alkanes) is 3. The Balaban J connectivity index is 2.28. The van der Waals surface area contributed by atoms with Crippen LogP contribution in [0.15, 0.2) is 18.2 Å². The van der Waals surface area contributed by atoms with Gasteiger partial charge in [0.15, 0.2) is 17.2 Å². The van der Waals surface area contributed by atoms with Crippen molar-refractivity contribution in [2.75, 3.05) is 13.7 Å². The summed E-state index contributed by atoms with van der Waals surface area (Å²) in [4.78, 5) is 11.5. The Bertz CT molecular complexity index is 655. The van der Waals surface area contributed by atoms with Gasteiger partial charge in [-0.05, 0) is 18.6 Å². The molecule has 1 amide bonds. The third-order valence-corrected chi connectivity index (χ3v) is 3.48. The highest BCUT2D eigenvalue weighted by molar-refractivity contribution is 5.97. The number of H-pyrrole nitrogens is 1. The number of nitrogens with one attached hydrogen (secondary N) is 1. The third-order valence-electron chi connectivity index (χ3n) is 3.48. The van der Waals surface area contributed by atoms with Crippen LogP contribution in [0.25, 0.3) is 11.3 Å². The lowest BCUT2D eigenvalue weighted by Crippen LogP contribution is -2.13. The Kier molecular flexibility index (Phi) is 5.96. The van der Waals surface area contributed by atoms with Crippen LogP contribution in [0.4, 0.5) is 0 Å². The van der Waals surface area contributed by atoms with E-state index in [1.807, 2.05) is 0 Å². The number of hydrogen-bond donors (Lipinski definition) is 2. The first-order valence-electron chi connectivity index (χ1n) is 7.69. The molecule has 0 bridgehead atoms. The Morgan fingerprint density at radius 2 is 2.09 bits per heavy atom. The number of ether oxygens (including phenoxy) is 2. The first kappa shape index (κ1) is 16.8. The number of para-hydroxylation sites is 1. The number of benzene rings is 1. The van der Waals surface area contributed by atoms with Crippen molar-refractivity contribution in [3.8, 4) is 22.8 Å². The van der Waals surface area contributed by atoms with Crippen LogP contribution in [-0.4, -0.2) is 35.0 Å². The van der Waals surface area contributed by atoms with Crippen LogP contribution in [0.1, 0.15) is 43.1 Å². The Hall–Kier alpha value is -2.57. The maximum Gasteiger partial charge on any atom is 0.271 e. The van der Waals surface area contributed by atoms with Gasteiger partial charge in [0, 0.05) is 0 Å². The summed E-state index contributed by atoms with van der Waals surface area (Å²) in [6.07, 6.45) is 4.41. The number of rotatable bonds is 9. The van der Waals surface area contributed by atoms with Crippen LogP contribution in [0.3, 0.4) is 0 Å². The molecule has 7 nitrogen and oxygen atoms in total. The van der Waals surface area contributed by atoms with E-state index in [1.165, 1.54) is 12.8 Å². The molecule has 23 heavy (non-hydrogen) atoms. The van der Waals surface area contributed by atoms with Gasteiger partial charge in [-0.25, -0.2) is 0 Å². The second kappa shape index (κ2) is 8.17. The van der Waals surface area contributed by atoms with E-state index in [0.717, 1.165) is 12.8 Å². The second-order valence-electron chi connectivity index (χ2n) is 5.13. The molecule has 0 radical (unpaired) electrons. The lowest BCUT2D eigenvalue weighted by molar-refractivity contribution is 0.0996. The fourth-order valence-electron chi connectivity index (χ4n) is 2.31. The molecule has 124 valence electrons. The normalized spacial score (nSPS) is 10.5.